The third kappa shape index (κ3) is 3.44. The van der Waals surface area contributed by atoms with Crippen molar-refractivity contribution in [2.75, 3.05) is 13.1 Å². The fraction of sp³-hybridized carbons (Fsp3) is 0.700. The third-order valence-electron chi connectivity index (χ3n) is 1.98. The van der Waals surface area contributed by atoms with Gasteiger partial charge in [-0.2, -0.15) is 0 Å². The second kappa shape index (κ2) is 4.07. The fourth-order valence-corrected chi connectivity index (χ4v) is 1.39. The summed E-state index contributed by atoms with van der Waals surface area (Å²) in [6.07, 6.45) is 2.90. The van der Waals surface area contributed by atoms with E-state index in [2.05, 4.69) is 6.08 Å². The minimum Gasteiger partial charge on any atom is -0.444 e. The Kier molecular flexibility index (Phi) is 3.24. The summed E-state index contributed by atoms with van der Waals surface area (Å²) in [6, 6.07) is 0. The normalized spacial score (nSPS) is 17.6. The highest BCUT2D eigenvalue weighted by molar-refractivity contribution is 6.22. The number of carbonyl (C=O) groups excluding carboxylic acids is 1. The van der Waals surface area contributed by atoms with Crippen LogP contribution >= 0.6 is 0 Å². The molecular weight excluding hydrogens is 177 g/mol. The summed E-state index contributed by atoms with van der Waals surface area (Å²) in [4.78, 5) is 13.4. The molecule has 1 rings (SSSR count). The molecule has 14 heavy (non-hydrogen) atoms. The summed E-state index contributed by atoms with van der Waals surface area (Å²) in [5.41, 5.74) is 0.841. The zero-order valence-corrected chi connectivity index (χ0v) is 9.46. The van der Waals surface area contributed by atoms with Crippen LogP contribution in [0.1, 0.15) is 27.2 Å². The van der Waals surface area contributed by atoms with Crippen LogP contribution in [0.2, 0.25) is 0 Å². The van der Waals surface area contributed by atoms with Crippen LogP contribution in [0, 0.1) is 0 Å². The summed E-state index contributed by atoms with van der Waals surface area (Å²) in [7, 11) is 2.04. The highest BCUT2D eigenvalue weighted by Gasteiger charge is 2.22. The molecule has 0 atom stereocenters. The lowest BCUT2D eigenvalue weighted by Gasteiger charge is -2.29. The molecule has 3 nitrogen and oxygen atoms in total. The monoisotopic (exact) mass is 195 g/mol. The molecule has 0 saturated heterocycles. The van der Waals surface area contributed by atoms with E-state index < -0.39 is 5.60 Å². The molecule has 0 fully saturated rings. The Morgan fingerprint density at radius 2 is 2.21 bits per heavy atom. The Balaban J connectivity index is 2.50. The first-order valence-electron chi connectivity index (χ1n) is 5.02. The maximum Gasteiger partial charge on any atom is 0.410 e. The van der Waals surface area contributed by atoms with E-state index >= 15 is 0 Å². The Bertz CT molecular complexity index is 255. The first-order valence-corrected chi connectivity index (χ1v) is 5.02. The van der Waals surface area contributed by atoms with Crippen molar-refractivity contribution in [2.45, 2.75) is 32.8 Å². The molecule has 0 radical (unpaired) electrons. The maximum absolute atomic E-state index is 11.6. The van der Waals surface area contributed by atoms with Crippen molar-refractivity contribution in [3.8, 4) is 0 Å². The summed E-state index contributed by atoms with van der Waals surface area (Å²) < 4.78 is 5.29. The minimum atomic E-state index is -0.397. The van der Waals surface area contributed by atoms with E-state index in [4.69, 9.17) is 4.74 Å². The molecule has 78 valence electrons. The number of rotatable bonds is 0. The first-order chi connectivity index (χ1) is 6.38. The van der Waals surface area contributed by atoms with Gasteiger partial charge < -0.3 is 9.64 Å². The summed E-state index contributed by atoms with van der Waals surface area (Å²) in [5.74, 6) is 0. The highest BCUT2D eigenvalue weighted by atomic mass is 16.6. The Morgan fingerprint density at radius 1 is 1.57 bits per heavy atom. The van der Waals surface area contributed by atoms with Gasteiger partial charge in [-0.1, -0.05) is 11.5 Å². The average molecular weight is 195 g/mol. The van der Waals surface area contributed by atoms with E-state index in [1.54, 1.807) is 4.90 Å². The Hall–Kier alpha value is -0.925. The van der Waals surface area contributed by atoms with E-state index in [1.807, 2.05) is 28.6 Å². The van der Waals surface area contributed by atoms with Gasteiger partial charge in [0.1, 0.15) is 13.4 Å². The van der Waals surface area contributed by atoms with Crippen LogP contribution in [-0.4, -0.2) is 37.5 Å². The summed E-state index contributed by atoms with van der Waals surface area (Å²) in [6.45, 7) is 7.13. The Morgan fingerprint density at radius 3 is 2.71 bits per heavy atom. The van der Waals surface area contributed by atoms with Crippen molar-refractivity contribution in [1.82, 2.24) is 4.90 Å². The molecule has 0 spiro atoms. The van der Waals surface area contributed by atoms with Crippen molar-refractivity contribution in [1.29, 1.82) is 0 Å². The predicted molar refractivity (Wildman–Crippen MR) is 59.1 cm³/mol. The zero-order chi connectivity index (χ0) is 10.8. The van der Waals surface area contributed by atoms with Crippen molar-refractivity contribution in [2.24, 2.45) is 0 Å². The molecule has 0 aromatic rings. The van der Waals surface area contributed by atoms with Crippen molar-refractivity contribution in [3.63, 3.8) is 0 Å². The second-order valence-electron chi connectivity index (χ2n) is 4.74. The smallest absolute Gasteiger partial charge is 0.410 e. The average Bonchev–Trinajstić information content (AvgIpc) is 2.01. The third-order valence-corrected chi connectivity index (χ3v) is 1.98. The van der Waals surface area contributed by atoms with Gasteiger partial charge in [-0.3, -0.25) is 0 Å². The highest BCUT2D eigenvalue weighted by Crippen LogP contribution is 2.13. The molecule has 4 heteroatoms. The molecule has 0 aromatic carbocycles. The number of amides is 1. The SMILES string of the molecule is BC1=CCCN(C(=O)OC(C)(C)C)C1. The molecule has 0 unspecified atom stereocenters. The largest absolute Gasteiger partial charge is 0.444 e. The lowest BCUT2D eigenvalue weighted by atomic mass is 9.92. The number of nitrogens with zero attached hydrogens (tertiary/aromatic N) is 1. The number of hydrogen-bond donors (Lipinski definition) is 0. The summed E-state index contributed by atoms with van der Waals surface area (Å²) in [5, 5.41) is 0. The summed E-state index contributed by atoms with van der Waals surface area (Å²) >= 11 is 0. The molecule has 0 saturated carbocycles. The molecule has 0 N–H and O–H groups in total. The van der Waals surface area contributed by atoms with Gasteiger partial charge >= 0.3 is 6.09 Å². The number of carbonyl (C=O) groups is 1. The topological polar surface area (TPSA) is 29.5 Å². The minimum absolute atomic E-state index is 0.204. The van der Waals surface area contributed by atoms with Crippen LogP contribution in [0.4, 0.5) is 4.79 Å². The van der Waals surface area contributed by atoms with E-state index in [0.29, 0.717) is 6.54 Å². The van der Waals surface area contributed by atoms with Gasteiger partial charge in [0.25, 0.3) is 0 Å². The van der Waals surface area contributed by atoms with Gasteiger partial charge in [0.2, 0.25) is 0 Å². The van der Waals surface area contributed by atoms with Gasteiger partial charge in [-0.05, 0) is 27.2 Å². The second-order valence-corrected chi connectivity index (χ2v) is 4.74. The zero-order valence-electron chi connectivity index (χ0n) is 9.46. The lowest BCUT2D eigenvalue weighted by Crippen LogP contribution is -2.40. The predicted octanol–water partition coefficient (Wildman–Crippen LogP) is 1.14. The van der Waals surface area contributed by atoms with E-state index in [9.17, 15) is 4.79 Å². The molecule has 0 aliphatic carbocycles. The first kappa shape index (κ1) is 11.2. The van der Waals surface area contributed by atoms with Crippen LogP contribution < -0.4 is 0 Å². The molecule has 1 aliphatic heterocycles. The fourth-order valence-electron chi connectivity index (χ4n) is 1.39. The molecule has 1 amide bonds. The van der Waals surface area contributed by atoms with Gasteiger partial charge in [0.15, 0.2) is 0 Å². The lowest BCUT2D eigenvalue weighted by molar-refractivity contribution is 0.0266. The molecular formula is C10H18BNO2. The van der Waals surface area contributed by atoms with Gasteiger partial charge in [0.05, 0.1) is 0 Å². The van der Waals surface area contributed by atoms with Crippen LogP contribution in [0.5, 0.6) is 0 Å². The molecule has 0 aromatic heterocycles. The molecule has 1 aliphatic rings. The van der Waals surface area contributed by atoms with Crippen molar-refractivity contribution >= 4 is 13.9 Å². The maximum atomic E-state index is 11.6. The van der Waals surface area contributed by atoms with Crippen LogP contribution in [0.15, 0.2) is 11.5 Å². The Labute approximate surface area is 86.5 Å². The number of hydrogen-bond acceptors (Lipinski definition) is 2. The van der Waals surface area contributed by atoms with Crippen molar-refractivity contribution in [3.05, 3.63) is 11.5 Å². The van der Waals surface area contributed by atoms with Crippen molar-refractivity contribution < 1.29 is 9.53 Å². The molecule has 1 heterocycles. The van der Waals surface area contributed by atoms with E-state index in [-0.39, 0.29) is 6.09 Å². The number of ether oxygens (including phenoxy) is 1. The standard InChI is InChI=1S/C10H18BNO2/c1-10(2,3)14-9(13)12-6-4-5-8(11)7-12/h5H,4,6-7,11H2,1-3H3. The van der Waals surface area contributed by atoms with Crippen LogP contribution in [0.25, 0.3) is 0 Å². The van der Waals surface area contributed by atoms with Crippen LogP contribution in [-0.2, 0) is 4.74 Å². The van der Waals surface area contributed by atoms with Gasteiger partial charge in [-0.15, -0.1) is 0 Å². The molecule has 0 bridgehead atoms. The van der Waals surface area contributed by atoms with Gasteiger partial charge in [-0.25, -0.2) is 4.79 Å². The quantitative estimate of drug-likeness (QED) is 0.542. The van der Waals surface area contributed by atoms with E-state index in [1.165, 1.54) is 5.47 Å². The van der Waals surface area contributed by atoms with E-state index in [0.717, 1.165) is 13.0 Å². The van der Waals surface area contributed by atoms with Crippen LogP contribution in [0.3, 0.4) is 0 Å². The van der Waals surface area contributed by atoms with Gasteiger partial charge in [0, 0.05) is 13.1 Å².